The molecule has 40 heavy (non-hydrogen) atoms. The maximum absolute atomic E-state index is 12.4. The van der Waals surface area contributed by atoms with Crippen molar-refractivity contribution in [3.63, 3.8) is 0 Å². The van der Waals surface area contributed by atoms with Crippen LogP contribution in [0.25, 0.3) is 17.2 Å². The first kappa shape index (κ1) is 28.5. The quantitative estimate of drug-likeness (QED) is 0.0663. The highest BCUT2D eigenvalue weighted by Crippen LogP contribution is 2.28. The van der Waals surface area contributed by atoms with Crippen molar-refractivity contribution in [1.29, 1.82) is 0 Å². The van der Waals surface area contributed by atoms with E-state index in [9.17, 15) is 9.59 Å². The van der Waals surface area contributed by atoms with Gasteiger partial charge in [0.2, 0.25) is 0 Å². The van der Waals surface area contributed by atoms with Gasteiger partial charge < -0.3 is 20.4 Å². The van der Waals surface area contributed by atoms with Gasteiger partial charge in [0.05, 0.1) is 22.6 Å². The van der Waals surface area contributed by atoms with Gasteiger partial charge in [0.1, 0.15) is 5.75 Å². The molecule has 4 aromatic carbocycles. The molecular weight excluding hydrogens is 520 g/mol. The topological polar surface area (TPSA) is 105 Å². The number of hydrogen-bond acceptors (Lipinski definition) is 7. The minimum atomic E-state index is -0.533. The van der Waals surface area contributed by atoms with Crippen LogP contribution in [0.3, 0.4) is 0 Å². The van der Waals surface area contributed by atoms with Crippen molar-refractivity contribution in [1.82, 2.24) is 0 Å². The Morgan fingerprint density at radius 1 is 0.825 bits per heavy atom. The highest BCUT2D eigenvalue weighted by molar-refractivity contribution is 7.95. The van der Waals surface area contributed by atoms with Crippen LogP contribution in [-0.2, 0) is 26.6 Å². The lowest BCUT2D eigenvalue weighted by atomic mass is 9.99. The summed E-state index contributed by atoms with van der Waals surface area (Å²) in [7, 11) is 0. The summed E-state index contributed by atoms with van der Waals surface area (Å²) >= 11 is 0.874. The predicted octanol–water partition coefficient (Wildman–Crippen LogP) is 7.27. The van der Waals surface area contributed by atoms with Gasteiger partial charge in [0.15, 0.2) is 0 Å². The molecule has 0 saturated heterocycles. The fourth-order valence-corrected chi connectivity index (χ4v) is 4.56. The molecule has 0 amide bonds. The zero-order valence-electron chi connectivity index (χ0n) is 22.3. The summed E-state index contributed by atoms with van der Waals surface area (Å²) in [6, 6.07) is 28.8. The van der Waals surface area contributed by atoms with Crippen molar-refractivity contribution in [3.05, 3.63) is 114 Å². The van der Waals surface area contributed by atoms with Crippen molar-refractivity contribution < 1.29 is 18.5 Å². The van der Waals surface area contributed by atoms with E-state index < -0.39 is 5.97 Å². The highest BCUT2D eigenvalue weighted by atomic mass is 32.2. The lowest BCUT2D eigenvalue weighted by Gasteiger charge is -2.07. The van der Waals surface area contributed by atoms with E-state index in [1.54, 1.807) is 48.5 Å². The molecule has 0 aliphatic heterocycles. The van der Waals surface area contributed by atoms with Crippen LogP contribution in [0, 0.1) is 0 Å². The normalized spacial score (nSPS) is 10.9. The second-order valence-corrected chi connectivity index (χ2v) is 10.1. The second kappa shape index (κ2) is 14.1. The van der Waals surface area contributed by atoms with Crippen molar-refractivity contribution in [3.8, 4) is 16.9 Å². The average molecular weight is 553 g/mol. The number of rotatable bonds is 11. The third-order valence-corrected chi connectivity index (χ3v) is 6.94. The maximum atomic E-state index is 12.4. The summed E-state index contributed by atoms with van der Waals surface area (Å²) in [4.78, 5) is 25.0. The number of nitrogen functional groups attached to an aromatic ring is 2. The minimum absolute atomic E-state index is 0.273. The Kier molecular flexibility index (Phi) is 10.0. The number of aryl methyl sites for hydroxylation is 2. The number of esters is 1. The molecule has 0 spiro atoms. The Morgan fingerprint density at radius 3 is 2.33 bits per heavy atom. The standard InChI is InChI=1S/C33H32N2O4S/c1-2-4-25-5-3-6-27(21-25)26-13-7-23(8-14-26)11-19-32(36)38-29-16-9-24(10-17-29)12-20-33(37)39-40-31-18-15-28(34)22-30(31)35/h3,5-10,12-18,20-22H,2,4,11,19,34-35H2,1H3/b20-12+. The van der Waals surface area contributed by atoms with Crippen molar-refractivity contribution >= 4 is 41.4 Å². The van der Waals surface area contributed by atoms with E-state index in [4.69, 9.17) is 20.4 Å². The molecule has 0 heterocycles. The molecule has 7 heteroatoms. The minimum Gasteiger partial charge on any atom is -0.427 e. The number of benzene rings is 4. The smallest absolute Gasteiger partial charge is 0.343 e. The zero-order valence-corrected chi connectivity index (χ0v) is 23.2. The average Bonchev–Trinajstić information content (AvgIpc) is 2.96. The SMILES string of the molecule is CCCc1cccc(-c2ccc(CCC(=O)Oc3ccc(/C=C/C(=O)OSc4ccc(N)cc4N)cc3)cc2)c1. The Labute approximate surface area is 239 Å². The van der Waals surface area contributed by atoms with Gasteiger partial charge in [0, 0.05) is 18.2 Å². The van der Waals surface area contributed by atoms with E-state index in [1.807, 2.05) is 0 Å². The Morgan fingerprint density at radius 2 is 1.60 bits per heavy atom. The number of nitrogens with two attached hydrogens (primary N) is 2. The lowest BCUT2D eigenvalue weighted by Crippen LogP contribution is -2.09. The maximum Gasteiger partial charge on any atom is 0.343 e. The van der Waals surface area contributed by atoms with Crippen LogP contribution in [0.1, 0.15) is 36.5 Å². The van der Waals surface area contributed by atoms with Gasteiger partial charge in [-0.25, -0.2) is 4.79 Å². The van der Waals surface area contributed by atoms with Gasteiger partial charge in [-0.15, -0.1) is 0 Å². The van der Waals surface area contributed by atoms with E-state index in [2.05, 4.69) is 55.5 Å². The van der Waals surface area contributed by atoms with Crippen LogP contribution in [0.5, 0.6) is 5.75 Å². The van der Waals surface area contributed by atoms with Crippen LogP contribution in [-0.4, -0.2) is 11.9 Å². The third kappa shape index (κ3) is 8.51. The van der Waals surface area contributed by atoms with Crippen LogP contribution in [0.15, 0.2) is 102 Å². The molecule has 4 N–H and O–H groups in total. The highest BCUT2D eigenvalue weighted by Gasteiger charge is 2.08. The summed E-state index contributed by atoms with van der Waals surface area (Å²) in [6.45, 7) is 2.18. The summed E-state index contributed by atoms with van der Waals surface area (Å²) < 4.78 is 10.6. The molecule has 204 valence electrons. The van der Waals surface area contributed by atoms with Crippen LogP contribution in [0.2, 0.25) is 0 Å². The van der Waals surface area contributed by atoms with E-state index in [0.29, 0.717) is 28.4 Å². The number of carbonyl (C=O) groups excluding carboxylic acids is 2. The molecule has 6 nitrogen and oxygen atoms in total. The van der Waals surface area contributed by atoms with Crippen LogP contribution < -0.4 is 16.2 Å². The summed E-state index contributed by atoms with van der Waals surface area (Å²) in [5, 5.41) is 0. The Bertz CT molecular complexity index is 1480. The molecule has 0 aromatic heterocycles. The molecule has 0 fully saturated rings. The fraction of sp³-hybridized carbons (Fsp3) is 0.152. The number of anilines is 2. The van der Waals surface area contributed by atoms with E-state index in [0.717, 1.165) is 41.6 Å². The molecule has 4 rings (SSSR count). The lowest BCUT2D eigenvalue weighted by molar-refractivity contribution is -0.134. The molecule has 0 atom stereocenters. The predicted molar refractivity (Wildman–Crippen MR) is 163 cm³/mol. The molecular formula is C33H32N2O4S. The molecule has 0 saturated carbocycles. The molecule has 0 bridgehead atoms. The van der Waals surface area contributed by atoms with Gasteiger partial charge in [-0.3, -0.25) is 4.79 Å². The molecule has 0 unspecified atom stereocenters. The second-order valence-electron chi connectivity index (χ2n) is 9.31. The molecule has 0 aliphatic rings. The fourth-order valence-electron chi connectivity index (χ4n) is 4.06. The van der Waals surface area contributed by atoms with Gasteiger partial charge >= 0.3 is 11.9 Å². The first-order valence-corrected chi connectivity index (χ1v) is 13.8. The number of carbonyl (C=O) groups is 2. The van der Waals surface area contributed by atoms with Gasteiger partial charge in [-0.05, 0) is 77.1 Å². The zero-order chi connectivity index (χ0) is 28.3. The monoisotopic (exact) mass is 552 g/mol. The Hall–Kier alpha value is -4.49. The number of hydrogen-bond donors (Lipinski definition) is 2. The molecule has 0 aliphatic carbocycles. The Balaban J connectivity index is 1.22. The molecule has 0 radical (unpaired) electrons. The summed E-state index contributed by atoms with van der Waals surface area (Å²) in [6.07, 6.45) is 5.99. The van der Waals surface area contributed by atoms with Crippen LogP contribution >= 0.6 is 12.0 Å². The van der Waals surface area contributed by atoms with Gasteiger partial charge in [-0.1, -0.05) is 74.0 Å². The van der Waals surface area contributed by atoms with E-state index >= 15 is 0 Å². The van der Waals surface area contributed by atoms with Crippen molar-refractivity contribution in [2.75, 3.05) is 11.5 Å². The first-order valence-electron chi connectivity index (χ1n) is 13.1. The third-order valence-electron chi connectivity index (χ3n) is 6.14. The summed E-state index contributed by atoms with van der Waals surface area (Å²) in [5.74, 6) is -0.390. The van der Waals surface area contributed by atoms with Gasteiger partial charge in [0.25, 0.3) is 0 Å². The first-order chi connectivity index (χ1) is 19.4. The largest absolute Gasteiger partial charge is 0.427 e. The van der Waals surface area contributed by atoms with E-state index in [1.165, 1.54) is 17.2 Å². The number of ether oxygens (including phenoxy) is 1. The van der Waals surface area contributed by atoms with Gasteiger partial charge in [-0.2, -0.15) is 0 Å². The molecule has 4 aromatic rings. The van der Waals surface area contributed by atoms with Crippen molar-refractivity contribution in [2.24, 2.45) is 0 Å². The summed E-state index contributed by atoms with van der Waals surface area (Å²) in [5.41, 5.74) is 18.1. The van der Waals surface area contributed by atoms with Crippen LogP contribution in [0.4, 0.5) is 11.4 Å². The van der Waals surface area contributed by atoms with Crippen molar-refractivity contribution in [2.45, 2.75) is 37.5 Å². The van der Waals surface area contributed by atoms with E-state index in [-0.39, 0.29) is 12.4 Å².